The number of hydrogen-bond acceptors (Lipinski definition) is 3. The highest BCUT2D eigenvalue weighted by molar-refractivity contribution is 5.90. The molecule has 0 N–H and O–H groups in total. The lowest BCUT2D eigenvalue weighted by molar-refractivity contribution is 0.747. The second-order valence-electron chi connectivity index (χ2n) is 14.6. The Bertz CT molecular complexity index is 2630. The molecule has 2 atom stereocenters. The van der Waals surface area contributed by atoms with Crippen LogP contribution in [0.2, 0.25) is 0 Å². The van der Waals surface area contributed by atoms with E-state index in [2.05, 4.69) is 251 Å². The first kappa shape index (κ1) is 34.2. The van der Waals surface area contributed by atoms with Crippen molar-refractivity contribution < 1.29 is 0 Å². The number of anilines is 8. The van der Waals surface area contributed by atoms with Gasteiger partial charge in [0.05, 0.1) is 6.04 Å². The summed E-state index contributed by atoms with van der Waals surface area (Å²) in [7, 11) is 0. The fourth-order valence-electron chi connectivity index (χ4n) is 8.51. The molecular formula is C54H41N3. The fourth-order valence-corrected chi connectivity index (χ4v) is 8.51. The van der Waals surface area contributed by atoms with Crippen molar-refractivity contribution in [1.82, 2.24) is 0 Å². The van der Waals surface area contributed by atoms with Crippen LogP contribution in [0.1, 0.15) is 17.0 Å². The van der Waals surface area contributed by atoms with Crippen LogP contribution in [-0.4, -0.2) is 6.04 Å². The third-order valence-electron chi connectivity index (χ3n) is 11.1. The van der Waals surface area contributed by atoms with Gasteiger partial charge in [0.2, 0.25) is 0 Å². The average Bonchev–Trinajstić information content (AvgIpc) is 3.62. The van der Waals surface area contributed by atoms with Crippen LogP contribution in [0.5, 0.6) is 0 Å². The van der Waals surface area contributed by atoms with Gasteiger partial charge in [-0.1, -0.05) is 152 Å². The van der Waals surface area contributed by atoms with Gasteiger partial charge < -0.3 is 14.7 Å². The van der Waals surface area contributed by atoms with Gasteiger partial charge in [-0.3, -0.25) is 0 Å². The summed E-state index contributed by atoms with van der Waals surface area (Å²) < 4.78 is 0. The Morgan fingerprint density at radius 2 is 0.825 bits per heavy atom. The number of para-hydroxylation sites is 5. The molecule has 0 spiro atoms. The van der Waals surface area contributed by atoms with E-state index in [9.17, 15) is 0 Å². The summed E-state index contributed by atoms with van der Waals surface area (Å²) in [5.74, 6) is 0.252. The summed E-state index contributed by atoms with van der Waals surface area (Å²) in [5.41, 5.74) is 15.1. The first-order chi connectivity index (χ1) is 28.3. The lowest BCUT2D eigenvalue weighted by Crippen LogP contribution is -2.29. The Hall–Kier alpha value is -7.36. The molecule has 2 aliphatic rings. The predicted octanol–water partition coefficient (Wildman–Crippen LogP) is 14.6. The largest absolute Gasteiger partial charge is 0.333 e. The predicted molar refractivity (Wildman–Crippen MR) is 240 cm³/mol. The van der Waals surface area contributed by atoms with Gasteiger partial charge in [-0.15, -0.1) is 0 Å². The summed E-state index contributed by atoms with van der Waals surface area (Å²) in [6.45, 7) is 0. The summed E-state index contributed by atoms with van der Waals surface area (Å²) in [4.78, 5) is 7.26. The van der Waals surface area contributed by atoms with Crippen molar-refractivity contribution in [1.29, 1.82) is 0 Å². The van der Waals surface area contributed by atoms with Gasteiger partial charge in [0.15, 0.2) is 0 Å². The number of allylic oxidation sites excluding steroid dienone is 2. The molecular weight excluding hydrogens is 691 g/mol. The van der Waals surface area contributed by atoms with Gasteiger partial charge in [0, 0.05) is 51.4 Å². The van der Waals surface area contributed by atoms with Crippen molar-refractivity contribution in [2.24, 2.45) is 0 Å². The van der Waals surface area contributed by atoms with Gasteiger partial charge in [0.25, 0.3) is 0 Å². The molecule has 57 heavy (non-hydrogen) atoms. The van der Waals surface area contributed by atoms with E-state index in [1.54, 1.807) is 0 Å². The Morgan fingerprint density at radius 3 is 1.39 bits per heavy atom. The second kappa shape index (κ2) is 15.1. The maximum Gasteiger partial charge on any atom is 0.0635 e. The van der Waals surface area contributed by atoms with Gasteiger partial charge in [-0.2, -0.15) is 0 Å². The molecule has 3 heteroatoms. The highest BCUT2D eigenvalue weighted by atomic mass is 15.2. The molecule has 1 aliphatic carbocycles. The van der Waals surface area contributed by atoms with Crippen LogP contribution < -0.4 is 14.7 Å². The van der Waals surface area contributed by atoms with Crippen LogP contribution >= 0.6 is 0 Å². The SMILES string of the molecule is C1=CC2c3ccccc3N(c3ccccc3)C2C=C1c1cc(N(c2ccccc2)c2ccccc2)cc(N(c2ccccc2)c2ccc(-c3ccccc3)cc2)c1. The van der Waals surface area contributed by atoms with Crippen molar-refractivity contribution in [3.05, 3.63) is 248 Å². The van der Waals surface area contributed by atoms with E-state index in [0.29, 0.717) is 0 Å². The standard InChI is InChI=1S/C54H41N3/c1-6-18-40(19-7-1)41-30-33-48(34-31-41)56(46-24-12-4-13-25-46)50-37-43(36-49(39-50)55(44-20-8-2-9-21-44)45-22-10-3-11-23-45)42-32-35-52-51-28-16-17-29-53(51)57(54(52)38-42)47-26-14-5-15-27-47/h1-39,52,54H. The lowest BCUT2D eigenvalue weighted by Gasteiger charge is -2.32. The van der Waals surface area contributed by atoms with Gasteiger partial charge in [0.1, 0.15) is 0 Å². The minimum Gasteiger partial charge on any atom is -0.333 e. The monoisotopic (exact) mass is 731 g/mol. The van der Waals surface area contributed by atoms with E-state index < -0.39 is 0 Å². The second-order valence-corrected chi connectivity index (χ2v) is 14.6. The fraction of sp³-hybridized carbons (Fsp3) is 0.0370. The van der Waals surface area contributed by atoms with E-state index in [1.807, 2.05) is 0 Å². The molecule has 0 saturated carbocycles. The molecule has 2 unspecified atom stereocenters. The van der Waals surface area contributed by atoms with E-state index >= 15 is 0 Å². The first-order valence-corrected chi connectivity index (χ1v) is 19.7. The summed E-state index contributed by atoms with van der Waals surface area (Å²) in [6, 6.07) is 78.5. The van der Waals surface area contributed by atoms with Gasteiger partial charge in [-0.25, -0.2) is 0 Å². The molecule has 0 bridgehead atoms. The Morgan fingerprint density at radius 1 is 0.368 bits per heavy atom. The molecule has 1 heterocycles. The highest BCUT2D eigenvalue weighted by Gasteiger charge is 2.38. The maximum absolute atomic E-state index is 2.51. The van der Waals surface area contributed by atoms with Crippen molar-refractivity contribution >= 4 is 51.1 Å². The molecule has 10 rings (SSSR count). The molecule has 3 nitrogen and oxygen atoms in total. The van der Waals surface area contributed by atoms with E-state index in [1.165, 1.54) is 33.6 Å². The van der Waals surface area contributed by atoms with Crippen molar-refractivity contribution in [2.45, 2.75) is 12.0 Å². The first-order valence-electron chi connectivity index (χ1n) is 19.7. The number of hydrogen-bond donors (Lipinski definition) is 0. The van der Waals surface area contributed by atoms with Crippen LogP contribution in [0.15, 0.2) is 237 Å². The highest BCUT2D eigenvalue weighted by Crippen LogP contribution is 2.50. The molecule has 1 aliphatic heterocycles. The summed E-state index contributed by atoms with van der Waals surface area (Å²) in [6.07, 6.45) is 7.24. The van der Waals surface area contributed by atoms with Crippen LogP contribution in [0, 0.1) is 0 Å². The Balaban J connectivity index is 1.17. The quantitative estimate of drug-likeness (QED) is 0.146. The molecule has 272 valence electrons. The molecule has 0 radical (unpaired) electrons. The summed E-state index contributed by atoms with van der Waals surface area (Å²) >= 11 is 0. The molecule has 8 aromatic carbocycles. The molecule has 8 aromatic rings. The number of nitrogens with zero attached hydrogens (tertiary/aromatic N) is 3. The zero-order chi connectivity index (χ0) is 38.0. The van der Waals surface area contributed by atoms with Crippen LogP contribution in [0.3, 0.4) is 0 Å². The van der Waals surface area contributed by atoms with Crippen LogP contribution in [0.25, 0.3) is 16.7 Å². The molecule has 0 amide bonds. The minimum absolute atomic E-state index is 0.131. The maximum atomic E-state index is 2.51. The number of benzene rings is 8. The normalized spacial score (nSPS) is 15.4. The number of fused-ring (bicyclic) bond motifs is 3. The van der Waals surface area contributed by atoms with Gasteiger partial charge in [-0.05, 0) is 113 Å². The van der Waals surface area contributed by atoms with Crippen molar-refractivity contribution in [3.8, 4) is 11.1 Å². The zero-order valence-electron chi connectivity index (χ0n) is 31.5. The molecule has 0 fully saturated rings. The van der Waals surface area contributed by atoms with Crippen molar-refractivity contribution in [2.75, 3.05) is 14.7 Å². The topological polar surface area (TPSA) is 9.72 Å². The third-order valence-corrected chi connectivity index (χ3v) is 11.1. The zero-order valence-corrected chi connectivity index (χ0v) is 31.5. The summed E-state index contributed by atoms with van der Waals surface area (Å²) in [5, 5.41) is 0. The third kappa shape index (κ3) is 6.60. The van der Waals surface area contributed by atoms with Gasteiger partial charge >= 0.3 is 0 Å². The van der Waals surface area contributed by atoms with E-state index in [4.69, 9.17) is 0 Å². The van der Waals surface area contributed by atoms with E-state index in [0.717, 1.165) is 39.7 Å². The molecule has 0 aromatic heterocycles. The Labute approximate surface area is 335 Å². The van der Waals surface area contributed by atoms with Crippen LogP contribution in [-0.2, 0) is 0 Å². The number of rotatable bonds is 9. The lowest BCUT2D eigenvalue weighted by atomic mass is 9.86. The molecule has 0 saturated heterocycles. The van der Waals surface area contributed by atoms with Crippen LogP contribution in [0.4, 0.5) is 45.5 Å². The smallest absolute Gasteiger partial charge is 0.0635 e. The van der Waals surface area contributed by atoms with E-state index in [-0.39, 0.29) is 12.0 Å². The average molecular weight is 732 g/mol. The van der Waals surface area contributed by atoms with Crippen molar-refractivity contribution in [3.63, 3.8) is 0 Å². The Kier molecular flexibility index (Phi) is 9.02. The minimum atomic E-state index is 0.131.